The van der Waals surface area contributed by atoms with E-state index in [-0.39, 0.29) is 11.9 Å². The van der Waals surface area contributed by atoms with E-state index >= 15 is 0 Å². The second-order valence-electron chi connectivity index (χ2n) is 5.68. The second kappa shape index (κ2) is 8.34. The molecule has 0 saturated heterocycles. The van der Waals surface area contributed by atoms with Crippen molar-refractivity contribution in [3.8, 4) is 5.75 Å². The number of hydrogen-bond donors (Lipinski definition) is 0. The zero-order chi connectivity index (χ0) is 16.7. The minimum atomic E-state index is -0.293. The molecule has 0 unspecified atom stereocenters. The molecule has 0 spiro atoms. The SMILES string of the molecule is COC(=O)[C@@H](CN(C)C)c1ccc(OCc2ccccc2)cc1. The summed E-state index contributed by atoms with van der Waals surface area (Å²) in [5.74, 6) is 0.265. The largest absolute Gasteiger partial charge is 0.489 e. The van der Waals surface area contributed by atoms with Crippen LogP contribution in [0.3, 0.4) is 0 Å². The number of rotatable bonds is 7. The molecule has 122 valence electrons. The summed E-state index contributed by atoms with van der Waals surface area (Å²) in [6.45, 7) is 1.13. The molecular formula is C19H23NO3. The molecule has 0 radical (unpaired) electrons. The second-order valence-corrected chi connectivity index (χ2v) is 5.68. The van der Waals surface area contributed by atoms with E-state index < -0.39 is 0 Å². The normalized spacial score (nSPS) is 12.0. The Balaban J connectivity index is 2.03. The summed E-state index contributed by atoms with van der Waals surface area (Å²) in [4.78, 5) is 13.9. The fraction of sp³-hybridized carbons (Fsp3) is 0.316. The zero-order valence-electron chi connectivity index (χ0n) is 13.9. The van der Waals surface area contributed by atoms with Gasteiger partial charge in [0.1, 0.15) is 12.4 Å². The van der Waals surface area contributed by atoms with E-state index in [4.69, 9.17) is 9.47 Å². The molecule has 0 aliphatic heterocycles. The third-order valence-corrected chi connectivity index (χ3v) is 3.56. The topological polar surface area (TPSA) is 38.8 Å². The van der Waals surface area contributed by atoms with Crippen LogP contribution in [0.25, 0.3) is 0 Å². The highest BCUT2D eigenvalue weighted by Gasteiger charge is 2.22. The Hall–Kier alpha value is -2.33. The molecule has 4 heteroatoms. The molecule has 1 atom stereocenters. The highest BCUT2D eigenvalue weighted by atomic mass is 16.5. The first-order chi connectivity index (χ1) is 11.1. The van der Waals surface area contributed by atoms with Crippen molar-refractivity contribution in [1.29, 1.82) is 0 Å². The van der Waals surface area contributed by atoms with E-state index in [1.807, 2.05) is 73.6 Å². The van der Waals surface area contributed by atoms with Crippen LogP contribution in [0.1, 0.15) is 17.0 Å². The van der Waals surface area contributed by atoms with Gasteiger partial charge < -0.3 is 14.4 Å². The van der Waals surface area contributed by atoms with Gasteiger partial charge in [-0.05, 0) is 37.4 Å². The van der Waals surface area contributed by atoms with Crippen LogP contribution in [-0.2, 0) is 16.1 Å². The zero-order valence-corrected chi connectivity index (χ0v) is 13.9. The van der Waals surface area contributed by atoms with E-state index in [0.29, 0.717) is 13.2 Å². The number of nitrogens with zero attached hydrogens (tertiary/aromatic N) is 1. The van der Waals surface area contributed by atoms with Gasteiger partial charge in [0.15, 0.2) is 0 Å². The number of carbonyl (C=O) groups excluding carboxylic acids is 1. The standard InChI is InChI=1S/C19H23NO3/c1-20(2)13-18(19(21)22-3)16-9-11-17(12-10-16)23-14-15-7-5-4-6-8-15/h4-12,18H,13-14H2,1-3H3/t18-/m0/s1. The molecule has 0 aliphatic carbocycles. The van der Waals surface area contributed by atoms with Crippen LogP contribution in [0, 0.1) is 0 Å². The van der Waals surface area contributed by atoms with E-state index in [1.54, 1.807) is 0 Å². The van der Waals surface area contributed by atoms with Crippen molar-refractivity contribution >= 4 is 5.97 Å². The van der Waals surface area contributed by atoms with Crippen LogP contribution in [0.2, 0.25) is 0 Å². The van der Waals surface area contributed by atoms with Gasteiger partial charge in [-0.3, -0.25) is 4.79 Å². The summed E-state index contributed by atoms with van der Waals surface area (Å²) in [5, 5.41) is 0. The Kier molecular flexibility index (Phi) is 6.18. The smallest absolute Gasteiger partial charge is 0.314 e. The summed E-state index contributed by atoms with van der Waals surface area (Å²) < 4.78 is 10.7. The molecule has 0 saturated carbocycles. The van der Waals surface area contributed by atoms with Gasteiger partial charge in [-0.1, -0.05) is 42.5 Å². The number of hydrogen-bond acceptors (Lipinski definition) is 4. The lowest BCUT2D eigenvalue weighted by Gasteiger charge is -2.19. The quantitative estimate of drug-likeness (QED) is 0.736. The third kappa shape index (κ3) is 5.11. The molecule has 2 aromatic rings. The molecule has 0 N–H and O–H groups in total. The van der Waals surface area contributed by atoms with Crippen LogP contribution >= 0.6 is 0 Å². The van der Waals surface area contributed by atoms with Crippen LogP contribution in [0.4, 0.5) is 0 Å². The summed E-state index contributed by atoms with van der Waals surface area (Å²) >= 11 is 0. The maximum Gasteiger partial charge on any atom is 0.314 e. The minimum Gasteiger partial charge on any atom is -0.489 e. The summed E-state index contributed by atoms with van der Waals surface area (Å²) in [5.41, 5.74) is 2.05. The number of methoxy groups -OCH3 is 1. The summed E-state index contributed by atoms with van der Waals surface area (Å²) in [6.07, 6.45) is 0. The monoisotopic (exact) mass is 313 g/mol. The van der Waals surface area contributed by atoms with Gasteiger partial charge in [-0.15, -0.1) is 0 Å². The van der Waals surface area contributed by atoms with Crippen molar-refractivity contribution in [3.63, 3.8) is 0 Å². The van der Waals surface area contributed by atoms with Gasteiger partial charge in [0.25, 0.3) is 0 Å². The van der Waals surface area contributed by atoms with Crippen molar-refractivity contribution in [1.82, 2.24) is 4.90 Å². The number of likely N-dealkylation sites (N-methyl/N-ethyl adjacent to an activating group) is 1. The molecule has 0 heterocycles. The highest BCUT2D eigenvalue weighted by molar-refractivity contribution is 5.78. The maximum absolute atomic E-state index is 12.0. The molecule has 0 bridgehead atoms. The minimum absolute atomic E-state index is 0.225. The Bertz CT molecular complexity index is 608. The van der Waals surface area contributed by atoms with Gasteiger partial charge in [-0.25, -0.2) is 0 Å². The van der Waals surface area contributed by atoms with Crippen LogP contribution in [-0.4, -0.2) is 38.6 Å². The lowest BCUT2D eigenvalue weighted by atomic mass is 9.98. The van der Waals surface area contributed by atoms with Gasteiger partial charge in [0, 0.05) is 6.54 Å². The molecular weight excluding hydrogens is 290 g/mol. The van der Waals surface area contributed by atoms with Crippen molar-refractivity contribution in [3.05, 3.63) is 65.7 Å². The van der Waals surface area contributed by atoms with Crippen molar-refractivity contribution < 1.29 is 14.3 Å². The van der Waals surface area contributed by atoms with Crippen molar-refractivity contribution in [2.24, 2.45) is 0 Å². The van der Waals surface area contributed by atoms with E-state index in [0.717, 1.165) is 16.9 Å². The average Bonchev–Trinajstić information content (AvgIpc) is 2.58. The number of ether oxygens (including phenoxy) is 2. The number of esters is 1. The van der Waals surface area contributed by atoms with Gasteiger partial charge >= 0.3 is 5.97 Å². The Morgan fingerprint density at radius 2 is 1.70 bits per heavy atom. The molecule has 4 nitrogen and oxygen atoms in total. The number of benzene rings is 2. The first-order valence-electron chi connectivity index (χ1n) is 7.59. The fourth-order valence-corrected chi connectivity index (χ4v) is 2.36. The van der Waals surface area contributed by atoms with E-state index in [2.05, 4.69) is 0 Å². The Labute approximate surface area is 137 Å². The predicted octanol–water partition coefficient (Wildman–Crippen LogP) is 3.08. The Morgan fingerprint density at radius 3 is 2.26 bits per heavy atom. The molecule has 23 heavy (non-hydrogen) atoms. The van der Waals surface area contributed by atoms with Crippen LogP contribution < -0.4 is 4.74 Å². The number of carbonyl (C=O) groups is 1. The van der Waals surface area contributed by atoms with Crippen LogP contribution in [0.5, 0.6) is 5.75 Å². The molecule has 0 amide bonds. The van der Waals surface area contributed by atoms with E-state index in [1.165, 1.54) is 7.11 Å². The van der Waals surface area contributed by atoms with E-state index in [9.17, 15) is 4.79 Å². The maximum atomic E-state index is 12.0. The lowest BCUT2D eigenvalue weighted by Crippen LogP contribution is -2.27. The van der Waals surface area contributed by atoms with Crippen molar-refractivity contribution in [2.75, 3.05) is 27.7 Å². The van der Waals surface area contributed by atoms with Crippen molar-refractivity contribution in [2.45, 2.75) is 12.5 Å². The van der Waals surface area contributed by atoms with Crippen LogP contribution in [0.15, 0.2) is 54.6 Å². The molecule has 0 aliphatic rings. The summed E-state index contributed by atoms with van der Waals surface area (Å²) in [6, 6.07) is 17.6. The molecule has 2 aromatic carbocycles. The van der Waals surface area contributed by atoms with Gasteiger partial charge in [0.2, 0.25) is 0 Å². The first kappa shape index (κ1) is 17.0. The molecule has 2 rings (SSSR count). The third-order valence-electron chi connectivity index (χ3n) is 3.56. The fourth-order valence-electron chi connectivity index (χ4n) is 2.36. The Morgan fingerprint density at radius 1 is 1.04 bits per heavy atom. The van der Waals surface area contributed by atoms with Gasteiger partial charge in [-0.2, -0.15) is 0 Å². The average molecular weight is 313 g/mol. The molecule has 0 fully saturated rings. The first-order valence-corrected chi connectivity index (χ1v) is 7.59. The highest BCUT2D eigenvalue weighted by Crippen LogP contribution is 2.22. The predicted molar refractivity (Wildman–Crippen MR) is 90.5 cm³/mol. The summed E-state index contributed by atoms with van der Waals surface area (Å²) in [7, 11) is 5.29. The molecule has 0 aromatic heterocycles. The lowest BCUT2D eigenvalue weighted by molar-refractivity contribution is -0.142. The van der Waals surface area contributed by atoms with Gasteiger partial charge in [0.05, 0.1) is 13.0 Å².